The van der Waals surface area contributed by atoms with Crippen LogP contribution in [-0.4, -0.2) is 55.4 Å². The Balaban J connectivity index is 2.14. The number of likely N-dealkylation sites (N-methyl/N-ethyl adjacent to an activating group) is 1. The van der Waals surface area contributed by atoms with Crippen LogP contribution in [0, 0.1) is 0 Å². The van der Waals surface area contributed by atoms with Gasteiger partial charge in [0.15, 0.2) is 0 Å². The van der Waals surface area contributed by atoms with Crippen molar-refractivity contribution in [3.8, 4) is 0 Å². The molecule has 0 aliphatic carbocycles. The zero-order valence-electron chi connectivity index (χ0n) is 11.0. The van der Waals surface area contributed by atoms with E-state index in [1.807, 2.05) is 11.9 Å². The van der Waals surface area contributed by atoms with Gasteiger partial charge in [0, 0.05) is 33.8 Å². The van der Waals surface area contributed by atoms with Gasteiger partial charge >= 0.3 is 0 Å². The Hall–Kier alpha value is -1.63. The highest BCUT2D eigenvalue weighted by molar-refractivity contribution is 5.43. The molecular formula is C11H20N6O. The van der Waals surface area contributed by atoms with E-state index < -0.39 is 0 Å². The molecule has 1 aromatic rings. The van der Waals surface area contributed by atoms with Gasteiger partial charge in [0.25, 0.3) is 0 Å². The molecule has 2 heterocycles. The summed E-state index contributed by atoms with van der Waals surface area (Å²) in [6, 6.07) is 0. The van der Waals surface area contributed by atoms with Crippen LogP contribution < -0.4 is 15.5 Å². The van der Waals surface area contributed by atoms with Crippen molar-refractivity contribution < 1.29 is 4.74 Å². The molecular weight excluding hydrogens is 232 g/mol. The minimum Gasteiger partial charge on any atom is -0.383 e. The van der Waals surface area contributed by atoms with Gasteiger partial charge in [0.2, 0.25) is 17.8 Å². The maximum atomic E-state index is 5.75. The molecule has 1 aliphatic heterocycles. The van der Waals surface area contributed by atoms with Crippen molar-refractivity contribution in [1.82, 2.24) is 15.0 Å². The molecule has 0 spiro atoms. The number of nitrogens with two attached hydrogens (primary N) is 1. The Morgan fingerprint density at radius 1 is 1.28 bits per heavy atom. The molecule has 2 N–H and O–H groups in total. The van der Waals surface area contributed by atoms with E-state index in [0.29, 0.717) is 18.5 Å². The topological polar surface area (TPSA) is 80.4 Å². The Morgan fingerprint density at radius 3 is 2.67 bits per heavy atom. The van der Waals surface area contributed by atoms with Crippen LogP contribution >= 0.6 is 0 Å². The van der Waals surface area contributed by atoms with Gasteiger partial charge in [-0.3, -0.25) is 0 Å². The molecule has 0 saturated carbocycles. The molecule has 2 rings (SSSR count). The number of rotatable bonds is 5. The van der Waals surface area contributed by atoms with E-state index in [1.54, 1.807) is 7.11 Å². The molecule has 100 valence electrons. The van der Waals surface area contributed by atoms with Gasteiger partial charge in [-0.25, -0.2) is 0 Å². The first-order valence-corrected chi connectivity index (χ1v) is 6.17. The average Bonchev–Trinajstić information content (AvgIpc) is 2.89. The standard InChI is InChI=1S/C11H20N6O/c1-16(7-8-18-2)10-13-9(12)14-11(15-10)17-5-3-4-6-17/h3-8H2,1-2H3,(H2,12,13,14,15). The average molecular weight is 252 g/mol. The maximum absolute atomic E-state index is 5.75. The largest absolute Gasteiger partial charge is 0.383 e. The van der Waals surface area contributed by atoms with Crippen molar-refractivity contribution in [2.45, 2.75) is 12.8 Å². The second-order valence-corrected chi connectivity index (χ2v) is 4.40. The summed E-state index contributed by atoms with van der Waals surface area (Å²) in [4.78, 5) is 16.9. The van der Waals surface area contributed by atoms with Gasteiger partial charge in [-0.2, -0.15) is 15.0 Å². The summed E-state index contributed by atoms with van der Waals surface area (Å²) >= 11 is 0. The fourth-order valence-electron chi connectivity index (χ4n) is 1.93. The number of ether oxygens (including phenoxy) is 1. The first-order chi connectivity index (χ1) is 8.70. The molecule has 18 heavy (non-hydrogen) atoms. The summed E-state index contributed by atoms with van der Waals surface area (Å²) in [5.41, 5.74) is 5.75. The van der Waals surface area contributed by atoms with Gasteiger partial charge in [-0.15, -0.1) is 0 Å². The summed E-state index contributed by atoms with van der Waals surface area (Å²) in [6.45, 7) is 3.33. The highest BCUT2D eigenvalue weighted by Crippen LogP contribution is 2.18. The molecule has 1 fully saturated rings. The highest BCUT2D eigenvalue weighted by Gasteiger charge is 2.17. The normalized spacial score (nSPS) is 15.1. The fraction of sp³-hybridized carbons (Fsp3) is 0.727. The van der Waals surface area contributed by atoms with Gasteiger partial charge in [0.05, 0.1) is 6.61 Å². The van der Waals surface area contributed by atoms with E-state index in [4.69, 9.17) is 10.5 Å². The van der Waals surface area contributed by atoms with Crippen LogP contribution in [0.15, 0.2) is 0 Å². The second-order valence-electron chi connectivity index (χ2n) is 4.40. The van der Waals surface area contributed by atoms with Crippen LogP contribution in [0.25, 0.3) is 0 Å². The van der Waals surface area contributed by atoms with Gasteiger partial charge in [0.1, 0.15) is 0 Å². The molecule has 0 atom stereocenters. The Labute approximate surface area is 107 Å². The third kappa shape index (κ3) is 2.98. The summed E-state index contributed by atoms with van der Waals surface area (Å²) in [7, 11) is 3.59. The minimum atomic E-state index is 0.270. The number of hydrogen-bond acceptors (Lipinski definition) is 7. The molecule has 0 radical (unpaired) electrons. The molecule has 0 bridgehead atoms. The zero-order chi connectivity index (χ0) is 13.0. The number of nitrogen functional groups attached to an aromatic ring is 1. The van der Waals surface area contributed by atoms with Crippen LogP contribution in [-0.2, 0) is 4.74 Å². The van der Waals surface area contributed by atoms with E-state index in [0.717, 1.165) is 19.6 Å². The van der Waals surface area contributed by atoms with Gasteiger partial charge in [-0.05, 0) is 12.8 Å². The van der Waals surface area contributed by atoms with Crippen molar-refractivity contribution in [3.63, 3.8) is 0 Å². The lowest BCUT2D eigenvalue weighted by molar-refractivity contribution is 0.206. The van der Waals surface area contributed by atoms with Crippen LogP contribution in [0.1, 0.15) is 12.8 Å². The van der Waals surface area contributed by atoms with Crippen LogP contribution in [0.5, 0.6) is 0 Å². The minimum absolute atomic E-state index is 0.270. The number of nitrogens with zero attached hydrogens (tertiary/aromatic N) is 5. The summed E-state index contributed by atoms with van der Waals surface area (Å²) in [5, 5.41) is 0. The van der Waals surface area contributed by atoms with E-state index in [9.17, 15) is 0 Å². The zero-order valence-corrected chi connectivity index (χ0v) is 11.0. The SMILES string of the molecule is COCCN(C)c1nc(N)nc(N2CCCC2)n1. The van der Waals surface area contributed by atoms with E-state index in [1.165, 1.54) is 12.8 Å². The van der Waals surface area contributed by atoms with Gasteiger partial charge in [-0.1, -0.05) is 0 Å². The number of aromatic nitrogens is 3. The smallest absolute Gasteiger partial charge is 0.231 e. The molecule has 1 aliphatic rings. The number of hydrogen-bond donors (Lipinski definition) is 1. The van der Waals surface area contributed by atoms with Crippen LogP contribution in [0.3, 0.4) is 0 Å². The predicted octanol–water partition coefficient (Wildman–Crippen LogP) is 0.137. The summed E-state index contributed by atoms with van der Waals surface area (Å²) in [6.07, 6.45) is 2.36. The van der Waals surface area contributed by atoms with Gasteiger partial charge < -0.3 is 20.3 Å². The molecule has 7 nitrogen and oxygen atoms in total. The van der Waals surface area contributed by atoms with E-state index in [-0.39, 0.29) is 5.95 Å². The fourth-order valence-corrected chi connectivity index (χ4v) is 1.93. The lowest BCUT2D eigenvalue weighted by Crippen LogP contribution is -2.27. The van der Waals surface area contributed by atoms with Crippen molar-refractivity contribution in [1.29, 1.82) is 0 Å². The first kappa shape index (κ1) is 12.8. The van der Waals surface area contributed by atoms with Crippen LogP contribution in [0.4, 0.5) is 17.8 Å². The molecule has 1 saturated heterocycles. The predicted molar refractivity (Wildman–Crippen MR) is 70.8 cm³/mol. The maximum Gasteiger partial charge on any atom is 0.231 e. The quantitative estimate of drug-likeness (QED) is 0.798. The number of anilines is 3. The number of methoxy groups -OCH3 is 1. The molecule has 0 unspecified atom stereocenters. The lowest BCUT2D eigenvalue weighted by atomic mass is 10.4. The monoisotopic (exact) mass is 252 g/mol. The highest BCUT2D eigenvalue weighted by atomic mass is 16.5. The van der Waals surface area contributed by atoms with E-state index >= 15 is 0 Å². The third-order valence-electron chi connectivity index (χ3n) is 2.99. The molecule has 7 heteroatoms. The Bertz CT molecular complexity index is 393. The van der Waals surface area contributed by atoms with Crippen LogP contribution in [0.2, 0.25) is 0 Å². The van der Waals surface area contributed by atoms with Crippen molar-refractivity contribution in [2.24, 2.45) is 0 Å². The second kappa shape index (κ2) is 5.81. The molecule has 0 amide bonds. The first-order valence-electron chi connectivity index (χ1n) is 6.17. The summed E-state index contributed by atoms with van der Waals surface area (Å²) in [5.74, 6) is 1.55. The molecule has 1 aromatic heterocycles. The lowest BCUT2D eigenvalue weighted by Gasteiger charge is -2.20. The summed E-state index contributed by atoms with van der Waals surface area (Å²) < 4.78 is 5.04. The van der Waals surface area contributed by atoms with Crippen molar-refractivity contribution in [3.05, 3.63) is 0 Å². The third-order valence-corrected chi connectivity index (χ3v) is 2.99. The molecule has 0 aromatic carbocycles. The van der Waals surface area contributed by atoms with E-state index in [2.05, 4.69) is 19.9 Å². The van der Waals surface area contributed by atoms with Crippen molar-refractivity contribution in [2.75, 3.05) is 55.9 Å². The van der Waals surface area contributed by atoms with Crippen molar-refractivity contribution >= 4 is 17.8 Å². The Morgan fingerprint density at radius 2 is 2.00 bits per heavy atom. The Kier molecular flexibility index (Phi) is 4.14.